The molecule has 268 valence electrons. The van der Waals surface area contributed by atoms with Crippen LogP contribution in [0, 0.1) is 0 Å². The van der Waals surface area contributed by atoms with Gasteiger partial charge in [-0.2, -0.15) is 0 Å². The monoisotopic (exact) mass is 739 g/mol. The Morgan fingerprint density at radius 3 is 1.84 bits per heavy atom. The van der Waals surface area contributed by atoms with Crippen LogP contribution in [0.25, 0.3) is 20.2 Å². The van der Waals surface area contributed by atoms with Crippen molar-refractivity contribution in [3.63, 3.8) is 0 Å². The molecule has 0 saturated heterocycles. The van der Waals surface area contributed by atoms with E-state index < -0.39 is 0 Å². The number of benzene rings is 7. The zero-order valence-electron chi connectivity index (χ0n) is 31.5. The maximum Gasteiger partial charge on any atom is 0.256 e. The van der Waals surface area contributed by atoms with Crippen molar-refractivity contribution in [3.05, 3.63) is 182 Å². The third kappa shape index (κ3) is 4.99. The molecule has 0 unspecified atom stereocenters. The van der Waals surface area contributed by atoms with Crippen molar-refractivity contribution >= 4 is 106 Å². The lowest BCUT2D eigenvalue weighted by molar-refractivity contribution is 0.575. The van der Waals surface area contributed by atoms with Crippen LogP contribution < -0.4 is 31.1 Å². The summed E-state index contributed by atoms with van der Waals surface area (Å²) < 4.78 is 9.19. The van der Waals surface area contributed by atoms with Gasteiger partial charge >= 0.3 is 0 Å². The van der Waals surface area contributed by atoms with E-state index in [-0.39, 0.29) is 12.1 Å². The number of thiophene rings is 1. The Kier molecular flexibility index (Phi) is 7.35. The first kappa shape index (κ1) is 32.9. The van der Waals surface area contributed by atoms with Gasteiger partial charge in [0.25, 0.3) is 6.71 Å². The van der Waals surface area contributed by atoms with E-state index in [1.54, 1.807) is 0 Å². The van der Waals surface area contributed by atoms with Gasteiger partial charge in [0.1, 0.15) is 0 Å². The Labute approximate surface area is 331 Å². The SMILES string of the molecule is CC(C)(C)c1ccc(N2c3cc(N(c4ccccc4)c4ccccc4)cc4c3B(c3ccoc32)c2ccc3sc5ccccc5c3c2N4c2ccccc2)cc1. The van der Waals surface area contributed by atoms with Crippen LogP contribution in [-0.2, 0) is 5.41 Å². The first-order valence-electron chi connectivity index (χ1n) is 19.3. The average Bonchev–Trinajstić information content (AvgIpc) is 3.87. The molecule has 11 rings (SSSR count). The van der Waals surface area contributed by atoms with Gasteiger partial charge in [-0.25, -0.2) is 0 Å². The van der Waals surface area contributed by atoms with E-state index in [0.29, 0.717) is 0 Å². The number of para-hydroxylation sites is 3. The van der Waals surface area contributed by atoms with Gasteiger partial charge in [-0.15, -0.1) is 11.3 Å². The molecule has 6 heteroatoms. The predicted octanol–water partition coefficient (Wildman–Crippen LogP) is 12.5. The molecule has 0 atom stereocenters. The maximum atomic E-state index is 6.61. The van der Waals surface area contributed by atoms with Crippen molar-refractivity contribution in [1.82, 2.24) is 0 Å². The molecule has 2 aliphatic heterocycles. The van der Waals surface area contributed by atoms with Crippen molar-refractivity contribution in [2.75, 3.05) is 14.7 Å². The van der Waals surface area contributed by atoms with Crippen molar-refractivity contribution in [3.8, 4) is 0 Å². The minimum Gasteiger partial charge on any atom is -0.449 e. The number of hydrogen-bond donors (Lipinski definition) is 0. The Hall–Kier alpha value is -6.50. The highest BCUT2D eigenvalue weighted by molar-refractivity contribution is 7.26. The second kappa shape index (κ2) is 12.5. The highest BCUT2D eigenvalue weighted by Crippen LogP contribution is 2.51. The highest BCUT2D eigenvalue weighted by atomic mass is 32.1. The summed E-state index contributed by atoms with van der Waals surface area (Å²) in [5, 5.41) is 2.57. The molecule has 0 aliphatic carbocycles. The number of nitrogens with zero attached hydrogens (tertiary/aromatic N) is 3. The third-order valence-corrected chi connectivity index (χ3v) is 12.6. The van der Waals surface area contributed by atoms with Gasteiger partial charge in [0, 0.05) is 54.3 Å². The van der Waals surface area contributed by atoms with Crippen LogP contribution in [-0.4, -0.2) is 6.71 Å². The van der Waals surface area contributed by atoms with E-state index in [0.717, 1.165) is 45.7 Å². The summed E-state index contributed by atoms with van der Waals surface area (Å²) in [5.74, 6) is 0.856. The summed E-state index contributed by atoms with van der Waals surface area (Å²) in [6, 6.07) is 61.9. The molecule has 0 radical (unpaired) electrons. The lowest BCUT2D eigenvalue weighted by Crippen LogP contribution is -2.61. The molecule has 56 heavy (non-hydrogen) atoms. The fraction of sp³-hybridized carbons (Fsp3) is 0.0800. The molecule has 4 heterocycles. The third-order valence-electron chi connectivity index (χ3n) is 11.5. The zero-order chi connectivity index (χ0) is 37.5. The van der Waals surface area contributed by atoms with E-state index in [9.17, 15) is 0 Å². The second-order valence-electron chi connectivity index (χ2n) is 15.8. The Morgan fingerprint density at radius 1 is 0.554 bits per heavy atom. The molecule has 0 saturated carbocycles. The van der Waals surface area contributed by atoms with Crippen molar-refractivity contribution < 1.29 is 4.42 Å². The normalized spacial score (nSPS) is 13.2. The summed E-state index contributed by atoms with van der Waals surface area (Å²) in [6.07, 6.45) is 1.87. The second-order valence-corrected chi connectivity index (χ2v) is 16.9. The first-order chi connectivity index (χ1) is 27.4. The highest BCUT2D eigenvalue weighted by Gasteiger charge is 2.46. The largest absolute Gasteiger partial charge is 0.449 e. The van der Waals surface area contributed by atoms with Gasteiger partial charge in [0.05, 0.1) is 17.6 Å². The van der Waals surface area contributed by atoms with Crippen molar-refractivity contribution in [2.24, 2.45) is 0 Å². The summed E-state index contributed by atoms with van der Waals surface area (Å²) in [7, 11) is 0. The summed E-state index contributed by atoms with van der Waals surface area (Å²) in [5.41, 5.74) is 14.0. The van der Waals surface area contributed by atoms with Gasteiger partial charge in [-0.1, -0.05) is 112 Å². The Balaban J connectivity index is 1.27. The number of furan rings is 1. The quantitative estimate of drug-likeness (QED) is 0.164. The molecule has 0 fully saturated rings. The van der Waals surface area contributed by atoms with Crippen molar-refractivity contribution in [2.45, 2.75) is 26.2 Å². The van der Waals surface area contributed by atoms with E-state index in [4.69, 9.17) is 4.42 Å². The van der Waals surface area contributed by atoms with E-state index in [2.05, 4.69) is 205 Å². The minimum absolute atomic E-state index is 0.0311. The first-order valence-corrected chi connectivity index (χ1v) is 20.1. The lowest BCUT2D eigenvalue weighted by atomic mass is 9.34. The number of hydrogen-bond acceptors (Lipinski definition) is 5. The molecule has 2 aromatic heterocycles. The minimum atomic E-state index is -0.0483. The summed E-state index contributed by atoms with van der Waals surface area (Å²) >= 11 is 1.87. The topological polar surface area (TPSA) is 22.9 Å². The van der Waals surface area contributed by atoms with E-state index in [1.807, 2.05) is 17.6 Å². The number of rotatable bonds is 5. The molecule has 0 bridgehead atoms. The van der Waals surface area contributed by atoms with Gasteiger partial charge in [0.15, 0.2) is 5.88 Å². The standard InChI is InChI=1S/C50H38BN3OS/c1-50(2,3)33-23-25-37(26-24-33)54-43-32-38(52(34-15-7-4-8-16-34)35-17-9-5-10-18-35)31-42-47(43)51(41-29-30-55-49(41)54)40-27-28-45-46(39-21-13-14-22-44(39)56-45)48(40)53(42)36-19-11-6-12-20-36/h4-32H,1-3H3. The van der Waals surface area contributed by atoms with Crippen LogP contribution >= 0.6 is 11.3 Å². The van der Waals surface area contributed by atoms with Crippen LogP contribution in [0.1, 0.15) is 26.3 Å². The van der Waals surface area contributed by atoms with Crippen LogP contribution in [0.15, 0.2) is 181 Å². The molecule has 9 aromatic rings. The smallest absolute Gasteiger partial charge is 0.256 e. The van der Waals surface area contributed by atoms with Crippen LogP contribution in [0.2, 0.25) is 0 Å². The Morgan fingerprint density at radius 2 is 1.16 bits per heavy atom. The summed E-state index contributed by atoms with van der Waals surface area (Å²) in [4.78, 5) is 7.26. The lowest BCUT2D eigenvalue weighted by Gasteiger charge is -2.43. The summed E-state index contributed by atoms with van der Waals surface area (Å²) in [6.45, 7) is 6.75. The Bertz CT molecular complexity index is 2870. The van der Waals surface area contributed by atoms with Crippen LogP contribution in [0.3, 0.4) is 0 Å². The molecule has 4 nitrogen and oxygen atoms in total. The van der Waals surface area contributed by atoms with Crippen molar-refractivity contribution in [1.29, 1.82) is 0 Å². The molecule has 0 amide bonds. The molecule has 0 spiro atoms. The van der Waals surface area contributed by atoms with Gasteiger partial charge in [0.2, 0.25) is 0 Å². The van der Waals surface area contributed by atoms with E-state index >= 15 is 0 Å². The molecular weight excluding hydrogens is 701 g/mol. The molecular formula is C50H38BN3OS. The molecule has 0 N–H and O–H groups in total. The maximum absolute atomic E-state index is 6.61. The molecule has 7 aromatic carbocycles. The molecule has 2 aliphatic rings. The van der Waals surface area contributed by atoms with Crippen LogP contribution in [0.4, 0.5) is 51.4 Å². The predicted molar refractivity (Wildman–Crippen MR) is 239 cm³/mol. The average molecular weight is 740 g/mol. The fourth-order valence-electron chi connectivity index (χ4n) is 8.93. The van der Waals surface area contributed by atoms with Gasteiger partial charge < -0.3 is 14.2 Å². The van der Waals surface area contributed by atoms with E-state index in [1.165, 1.54) is 47.8 Å². The number of fused-ring (bicyclic) bond motifs is 8. The van der Waals surface area contributed by atoms with Gasteiger partial charge in [-0.3, -0.25) is 4.90 Å². The van der Waals surface area contributed by atoms with Crippen LogP contribution in [0.5, 0.6) is 0 Å². The fourth-order valence-corrected chi connectivity index (χ4v) is 10.0. The van der Waals surface area contributed by atoms with Gasteiger partial charge in [-0.05, 0) is 106 Å². The number of anilines is 9. The zero-order valence-corrected chi connectivity index (χ0v) is 32.3.